The number of para-hydroxylation sites is 1. The molecular weight excluding hydrogens is 260 g/mol. The molecule has 1 N–H and O–H groups in total. The standard InChI is InChI=1S/C14H14N2O2S/c1-9-13(19-8-16-9)14(17)15-6-10-7-18-12-5-3-2-4-11(10)12/h2-5,8,10H,6-7H2,1H3,(H,15,17)/t10-/m0/s1. The highest BCUT2D eigenvalue weighted by Gasteiger charge is 2.24. The first kappa shape index (κ1) is 12.2. The minimum absolute atomic E-state index is 0.0515. The summed E-state index contributed by atoms with van der Waals surface area (Å²) in [7, 11) is 0. The molecule has 98 valence electrons. The fourth-order valence-corrected chi connectivity index (χ4v) is 2.93. The zero-order valence-electron chi connectivity index (χ0n) is 10.6. The lowest BCUT2D eigenvalue weighted by atomic mass is 10.0. The van der Waals surface area contributed by atoms with E-state index >= 15 is 0 Å². The Morgan fingerprint density at radius 2 is 2.37 bits per heavy atom. The smallest absolute Gasteiger partial charge is 0.263 e. The SMILES string of the molecule is Cc1ncsc1C(=O)NC[C@H]1COc2ccccc21. The monoisotopic (exact) mass is 274 g/mol. The van der Waals surface area contributed by atoms with Crippen LogP contribution >= 0.6 is 11.3 Å². The largest absolute Gasteiger partial charge is 0.493 e. The highest BCUT2D eigenvalue weighted by Crippen LogP contribution is 2.32. The van der Waals surface area contributed by atoms with Crippen molar-refractivity contribution in [3.8, 4) is 5.75 Å². The zero-order chi connectivity index (χ0) is 13.2. The van der Waals surface area contributed by atoms with E-state index in [0.29, 0.717) is 18.0 Å². The molecular formula is C14H14N2O2S. The van der Waals surface area contributed by atoms with Crippen molar-refractivity contribution in [1.82, 2.24) is 10.3 Å². The number of aryl methyl sites for hydroxylation is 1. The molecule has 3 rings (SSSR count). The normalized spacial score (nSPS) is 16.8. The minimum atomic E-state index is -0.0515. The van der Waals surface area contributed by atoms with Gasteiger partial charge in [0.15, 0.2) is 0 Å². The molecule has 0 aliphatic carbocycles. The fourth-order valence-electron chi connectivity index (χ4n) is 2.21. The molecule has 1 aromatic heterocycles. The van der Waals surface area contributed by atoms with Crippen molar-refractivity contribution in [3.05, 3.63) is 45.9 Å². The number of nitrogens with one attached hydrogen (secondary N) is 1. The number of ether oxygens (including phenoxy) is 1. The molecule has 0 saturated heterocycles. The first-order chi connectivity index (χ1) is 9.25. The molecule has 2 aromatic rings. The van der Waals surface area contributed by atoms with Gasteiger partial charge in [-0.15, -0.1) is 11.3 Å². The van der Waals surface area contributed by atoms with Gasteiger partial charge in [0.1, 0.15) is 10.6 Å². The van der Waals surface area contributed by atoms with E-state index in [1.54, 1.807) is 5.51 Å². The highest BCUT2D eigenvalue weighted by molar-refractivity contribution is 7.11. The van der Waals surface area contributed by atoms with E-state index in [1.165, 1.54) is 16.9 Å². The van der Waals surface area contributed by atoms with E-state index < -0.39 is 0 Å². The van der Waals surface area contributed by atoms with Crippen molar-refractivity contribution < 1.29 is 9.53 Å². The summed E-state index contributed by atoms with van der Waals surface area (Å²) in [5.41, 5.74) is 3.65. The van der Waals surface area contributed by atoms with Gasteiger partial charge in [-0.05, 0) is 13.0 Å². The number of fused-ring (bicyclic) bond motifs is 1. The first-order valence-electron chi connectivity index (χ1n) is 6.15. The first-order valence-corrected chi connectivity index (χ1v) is 7.03. The summed E-state index contributed by atoms with van der Waals surface area (Å²) in [6.45, 7) is 3.06. The average molecular weight is 274 g/mol. The number of nitrogens with zero attached hydrogens (tertiary/aromatic N) is 1. The van der Waals surface area contributed by atoms with Crippen LogP contribution in [0.2, 0.25) is 0 Å². The quantitative estimate of drug-likeness (QED) is 0.934. The summed E-state index contributed by atoms with van der Waals surface area (Å²) in [5, 5.41) is 2.96. The lowest BCUT2D eigenvalue weighted by Gasteiger charge is -2.10. The summed E-state index contributed by atoms with van der Waals surface area (Å²) in [5.74, 6) is 1.11. The molecule has 0 unspecified atom stereocenters. The molecule has 1 atom stereocenters. The van der Waals surface area contributed by atoms with Gasteiger partial charge in [-0.25, -0.2) is 4.98 Å². The number of thiazole rings is 1. The third-order valence-electron chi connectivity index (χ3n) is 3.26. The number of hydrogen-bond acceptors (Lipinski definition) is 4. The third-order valence-corrected chi connectivity index (χ3v) is 4.19. The number of benzene rings is 1. The Labute approximate surface area is 115 Å². The number of amides is 1. The molecule has 4 nitrogen and oxygen atoms in total. The second-order valence-corrected chi connectivity index (χ2v) is 5.38. The summed E-state index contributed by atoms with van der Waals surface area (Å²) < 4.78 is 5.60. The Balaban J connectivity index is 1.65. The summed E-state index contributed by atoms with van der Waals surface area (Å²) >= 11 is 1.37. The molecule has 0 bridgehead atoms. The number of hydrogen-bond donors (Lipinski definition) is 1. The van der Waals surface area contributed by atoms with Crippen molar-refractivity contribution in [2.24, 2.45) is 0 Å². The number of carbonyl (C=O) groups is 1. The summed E-state index contributed by atoms with van der Waals surface area (Å²) in [6, 6.07) is 7.97. The molecule has 1 aliphatic heterocycles. The van der Waals surface area contributed by atoms with E-state index in [0.717, 1.165) is 11.4 Å². The van der Waals surface area contributed by atoms with Gasteiger partial charge in [0, 0.05) is 18.0 Å². The predicted octanol–water partition coefficient (Wildman–Crippen LogP) is 2.36. The Bertz CT molecular complexity index is 609. The maximum Gasteiger partial charge on any atom is 0.263 e. The summed E-state index contributed by atoms with van der Waals surface area (Å²) in [4.78, 5) is 16.8. The highest BCUT2D eigenvalue weighted by atomic mass is 32.1. The van der Waals surface area contributed by atoms with Crippen LogP contribution < -0.4 is 10.1 Å². The minimum Gasteiger partial charge on any atom is -0.493 e. The van der Waals surface area contributed by atoms with Crippen molar-refractivity contribution >= 4 is 17.2 Å². The van der Waals surface area contributed by atoms with Crippen LogP contribution in [0.1, 0.15) is 26.8 Å². The second-order valence-electron chi connectivity index (χ2n) is 4.52. The van der Waals surface area contributed by atoms with Crippen LogP contribution in [0.4, 0.5) is 0 Å². The van der Waals surface area contributed by atoms with Gasteiger partial charge in [-0.2, -0.15) is 0 Å². The van der Waals surface area contributed by atoms with Gasteiger partial charge in [-0.1, -0.05) is 18.2 Å². The molecule has 5 heteroatoms. The number of rotatable bonds is 3. The average Bonchev–Trinajstić information content (AvgIpc) is 3.02. The van der Waals surface area contributed by atoms with Gasteiger partial charge in [0.2, 0.25) is 0 Å². The third kappa shape index (κ3) is 2.33. The van der Waals surface area contributed by atoms with Crippen LogP contribution in [0.15, 0.2) is 29.8 Å². The van der Waals surface area contributed by atoms with E-state index in [4.69, 9.17) is 4.74 Å². The molecule has 0 radical (unpaired) electrons. The topological polar surface area (TPSA) is 51.2 Å². The van der Waals surface area contributed by atoms with Gasteiger partial charge in [-0.3, -0.25) is 4.79 Å². The van der Waals surface area contributed by atoms with Crippen LogP contribution in [0.3, 0.4) is 0 Å². The van der Waals surface area contributed by atoms with Crippen LogP contribution in [0.5, 0.6) is 5.75 Å². The van der Waals surface area contributed by atoms with E-state index in [1.807, 2.05) is 25.1 Å². The van der Waals surface area contributed by atoms with Crippen molar-refractivity contribution in [1.29, 1.82) is 0 Å². The van der Waals surface area contributed by atoms with Crippen LogP contribution in [0.25, 0.3) is 0 Å². The van der Waals surface area contributed by atoms with E-state index in [-0.39, 0.29) is 11.8 Å². The van der Waals surface area contributed by atoms with Crippen LogP contribution in [0, 0.1) is 6.92 Å². The fraction of sp³-hybridized carbons (Fsp3) is 0.286. The van der Waals surface area contributed by atoms with Crippen molar-refractivity contribution in [3.63, 3.8) is 0 Å². The predicted molar refractivity (Wildman–Crippen MR) is 73.9 cm³/mol. The molecule has 0 saturated carbocycles. The van der Waals surface area contributed by atoms with E-state index in [9.17, 15) is 4.79 Å². The molecule has 1 aliphatic rings. The Morgan fingerprint density at radius 3 is 3.16 bits per heavy atom. The second kappa shape index (κ2) is 5.01. The Kier molecular flexibility index (Phi) is 3.21. The van der Waals surface area contributed by atoms with Crippen LogP contribution in [-0.4, -0.2) is 24.0 Å². The number of aromatic nitrogens is 1. The lowest BCUT2D eigenvalue weighted by molar-refractivity contribution is 0.0953. The van der Waals surface area contributed by atoms with E-state index in [2.05, 4.69) is 16.4 Å². The van der Waals surface area contributed by atoms with Gasteiger partial charge >= 0.3 is 0 Å². The maximum absolute atomic E-state index is 12.0. The Morgan fingerprint density at radius 1 is 1.53 bits per heavy atom. The summed E-state index contributed by atoms with van der Waals surface area (Å²) in [6.07, 6.45) is 0. The van der Waals surface area contributed by atoms with Crippen LogP contribution in [-0.2, 0) is 0 Å². The van der Waals surface area contributed by atoms with Crippen molar-refractivity contribution in [2.45, 2.75) is 12.8 Å². The lowest BCUT2D eigenvalue weighted by Crippen LogP contribution is -2.28. The molecule has 1 amide bonds. The molecule has 19 heavy (non-hydrogen) atoms. The van der Waals surface area contributed by atoms with Gasteiger partial charge < -0.3 is 10.1 Å². The van der Waals surface area contributed by atoms with Gasteiger partial charge in [0.05, 0.1) is 17.8 Å². The molecule has 0 fully saturated rings. The van der Waals surface area contributed by atoms with Gasteiger partial charge in [0.25, 0.3) is 5.91 Å². The van der Waals surface area contributed by atoms with Crippen molar-refractivity contribution in [2.75, 3.05) is 13.2 Å². The maximum atomic E-state index is 12.0. The number of carbonyl (C=O) groups excluding carboxylic acids is 1. The molecule has 2 heterocycles. The zero-order valence-corrected chi connectivity index (χ0v) is 11.4. The molecule has 0 spiro atoms. The Hall–Kier alpha value is -1.88. The molecule has 1 aromatic carbocycles.